The Morgan fingerprint density at radius 2 is 1.77 bits per heavy atom. The molecule has 0 saturated heterocycles. The molecule has 0 aliphatic heterocycles. The summed E-state index contributed by atoms with van der Waals surface area (Å²) in [5.74, 6) is -1.20. The maximum absolute atomic E-state index is 12.3. The van der Waals surface area contributed by atoms with Crippen LogP contribution in [0.25, 0.3) is 10.8 Å². The monoisotopic (exact) mass is 415 g/mol. The second kappa shape index (κ2) is 7.53. The lowest BCUT2D eigenvalue weighted by Gasteiger charge is -2.11. The van der Waals surface area contributed by atoms with E-state index in [1.807, 2.05) is 24.3 Å². The number of rotatable bonds is 4. The van der Waals surface area contributed by atoms with Crippen LogP contribution < -0.4 is 10.3 Å². The van der Waals surface area contributed by atoms with Crippen molar-refractivity contribution in [3.8, 4) is 5.75 Å². The van der Waals surface area contributed by atoms with Crippen molar-refractivity contribution in [1.82, 2.24) is 4.57 Å². The summed E-state index contributed by atoms with van der Waals surface area (Å²) in [6, 6.07) is 13.5. The van der Waals surface area contributed by atoms with Crippen LogP contribution >= 0.6 is 15.9 Å². The lowest BCUT2D eigenvalue weighted by molar-refractivity contribution is -0.135. The van der Waals surface area contributed by atoms with E-state index in [-0.39, 0.29) is 23.4 Å². The van der Waals surface area contributed by atoms with Gasteiger partial charge in [0.15, 0.2) is 0 Å². The normalized spacial score (nSPS) is 10.5. The zero-order valence-electron chi connectivity index (χ0n) is 13.8. The van der Waals surface area contributed by atoms with Gasteiger partial charge in [0.2, 0.25) is 0 Å². The summed E-state index contributed by atoms with van der Waals surface area (Å²) in [7, 11) is 1.25. The van der Waals surface area contributed by atoms with Gasteiger partial charge in [0, 0.05) is 16.7 Å². The van der Waals surface area contributed by atoms with Gasteiger partial charge in [-0.3, -0.25) is 4.79 Å². The van der Waals surface area contributed by atoms with Crippen molar-refractivity contribution in [2.24, 2.45) is 0 Å². The summed E-state index contributed by atoms with van der Waals surface area (Å²) < 4.78 is 12.0. The number of carbonyl (C=O) groups excluding carboxylic acids is 2. The van der Waals surface area contributed by atoms with Crippen LogP contribution in [0, 0.1) is 0 Å². The number of hydrogen-bond donors (Lipinski definition) is 0. The molecular weight excluding hydrogens is 402 g/mol. The van der Waals surface area contributed by atoms with Gasteiger partial charge in [-0.25, -0.2) is 9.59 Å². The number of benzene rings is 2. The minimum atomic E-state index is -0.675. The number of carbonyl (C=O) groups is 2. The molecule has 0 amide bonds. The minimum absolute atomic E-state index is 0.0867. The maximum atomic E-state index is 12.3. The summed E-state index contributed by atoms with van der Waals surface area (Å²) >= 11 is 3.25. The molecule has 0 N–H and O–H groups in total. The van der Waals surface area contributed by atoms with Gasteiger partial charge < -0.3 is 14.0 Å². The van der Waals surface area contributed by atoms with Crippen LogP contribution in [0.2, 0.25) is 0 Å². The molecule has 0 fully saturated rings. The number of ether oxygens (including phenoxy) is 2. The SMILES string of the molecule is COC(=O)c1cc2ccccc2cc1OC(=O)Cn1cc(Br)ccc1=O. The van der Waals surface area contributed by atoms with Gasteiger partial charge in [0.05, 0.1) is 7.11 Å². The smallest absolute Gasteiger partial charge is 0.341 e. The highest BCUT2D eigenvalue weighted by Crippen LogP contribution is 2.27. The molecule has 0 saturated carbocycles. The van der Waals surface area contributed by atoms with Crippen molar-refractivity contribution < 1.29 is 19.1 Å². The summed E-state index contributed by atoms with van der Waals surface area (Å²) in [6.07, 6.45) is 1.49. The van der Waals surface area contributed by atoms with E-state index in [0.29, 0.717) is 4.47 Å². The molecule has 3 rings (SSSR count). The molecule has 132 valence electrons. The van der Waals surface area contributed by atoms with Crippen LogP contribution in [0.1, 0.15) is 10.4 Å². The van der Waals surface area contributed by atoms with Crippen LogP contribution in [0.5, 0.6) is 5.75 Å². The number of methoxy groups -OCH3 is 1. The summed E-state index contributed by atoms with van der Waals surface area (Å²) in [4.78, 5) is 36.2. The largest absolute Gasteiger partial charge is 0.465 e. The number of fused-ring (bicyclic) bond motifs is 1. The first-order valence-electron chi connectivity index (χ1n) is 7.65. The Morgan fingerprint density at radius 3 is 2.46 bits per heavy atom. The molecule has 0 radical (unpaired) electrons. The van der Waals surface area contributed by atoms with Crippen LogP contribution in [0.3, 0.4) is 0 Å². The lowest BCUT2D eigenvalue weighted by Crippen LogP contribution is -2.26. The molecule has 7 heteroatoms. The number of aromatic nitrogens is 1. The van der Waals surface area contributed by atoms with Gasteiger partial charge in [-0.1, -0.05) is 24.3 Å². The molecule has 1 aromatic heterocycles. The molecule has 6 nitrogen and oxygen atoms in total. The average Bonchev–Trinajstić information content (AvgIpc) is 2.63. The van der Waals surface area contributed by atoms with E-state index in [4.69, 9.17) is 9.47 Å². The van der Waals surface area contributed by atoms with Crippen LogP contribution in [-0.2, 0) is 16.1 Å². The molecule has 0 spiro atoms. The fourth-order valence-electron chi connectivity index (χ4n) is 2.49. The summed E-state index contributed by atoms with van der Waals surface area (Å²) in [6.45, 7) is -0.286. The minimum Gasteiger partial charge on any atom is -0.465 e. The quantitative estimate of drug-likeness (QED) is 0.483. The van der Waals surface area contributed by atoms with Gasteiger partial charge in [-0.05, 0) is 44.9 Å². The Kier molecular flexibility index (Phi) is 5.18. The molecule has 0 bridgehead atoms. The zero-order valence-corrected chi connectivity index (χ0v) is 15.4. The predicted molar refractivity (Wildman–Crippen MR) is 99.3 cm³/mol. The van der Waals surface area contributed by atoms with E-state index in [1.54, 1.807) is 18.2 Å². The van der Waals surface area contributed by atoms with Gasteiger partial charge in [-0.2, -0.15) is 0 Å². The van der Waals surface area contributed by atoms with Crippen LogP contribution in [0.15, 0.2) is 64.0 Å². The van der Waals surface area contributed by atoms with Gasteiger partial charge in [0.25, 0.3) is 5.56 Å². The highest BCUT2D eigenvalue weighted by molar-refractivity contribution is 9.10. The molecule has 26 heavy (non-hydrogen) atoms. The van der Waals surface area contributed by atoms with Crippen LogP contribution in [0.4, 0.5) is 0 Å². The number of pyridine rings is 1. The molecule has 0 unspecified atom stereocenters. The standard InChI is InChI=1S/C19H14BrNO5/c1-25-19(24)15-8-12-4-2-3-5-13(12)9-16(15)26-18(23)11-21-10-14(20)6-7-17(21)22/h2-10H,11H2,1H3. The molecule has 0 aliphatic carbocycles. The zero-order chi connectivity index (χ0) is 18.7. The first-order valence-corrected chi connectivity index (χ1v) is 8.45. The second-order valence-corrected chi connectivity index (χ2v) is 6.39. The van der Waals surface area contributed by atoms with Crippen molar-refractivity contribution in [2.75, 3.05) is 7.11 Å². The average molecular weight is 416 g/mol. The van der Waals surface area contributed by atoms with Crippen molar-refractivity contribution in [1.29, 1.82) is 0 Å². The molecule has 0 aliphatic rings. The van der Waals surface area contributed by atoms with E-state index in [1.165, 1.54) is 23.9 Å². The first kappa shape index (κ1) is 17.9. The van der Waals surface area contributed by atoms with E-state index in [0.717, 1.165) is 10.8 Å². The Hall–Kier alpha value is -2.93. The Labute approximate surface area is 157 Å². The van der Waals surface area contributed by atoms with Crippen molar-refractivity contribution in [3.63, 3.8) is 0 Å². The lowest BCUT2D eigenvalue weighted by atomic mass is 10.1. The topological polar surface area (TPSA) is 74.6 Å². The summed E-state index contributed by atoms with van der Waals surface area (Å²) in [5, 5.41) is 1.62. The Morgan fingerprint density at radius 1 is 1.08 bits per heavy atom. The van der Waals surface area contributed by atoms with E-state index < -0.39 is 11.9 Å². The molecular formula is C19H14BrNO5. The fourth-order valence-corrected chi connectivity index (χ4v) is 2.87. The molecule has 2 aromatic carbocycles. The summed E-state index contributed by atoms with van der Waals surface area (Å²) in [5.41, 5.74) is -0.196. The Bertz CT molecular complexity index is 1060. The third-order valence-electron chi connectivity index (χ3n) is 3.72. The highest BCUT2D eigenvalue weighted by Gasteiger charge is 2.18. The Balaban J connectivity index is 1.93. The number of hydrogen-bond acceptors (Lipinski definition) is 5. The molecule has 3 aromatic rings. The number of nitrogens with zero attached hydrogens (tertiary/aromatic N) is 1. The van der Waals surface area contributed by atoms with Crippen molar-refractivity contribution >= 4 is 38.6 Å². The van der Waals surface area contributed by atoms with E-state index in [9.17, 15) is 14.4 Å². The number of esters is 2. The fraction of sp³-hybridized carbons (Fsp3) is 0.105. The van der Waals surface area contributed by atoms with Gasteiger partial charge >= 0.3 is 11.9 Å². The van der Waals surface area contributed by atoms with E-state index in [2.05, 4.69) is 15.9 Å². The first-order chi connectivity index (χ1) is 12.5. The molecule has 0 atom stereocenters. The van der Waals surface area contributed by atoms with E-state index >= 15 is 0 Å². The van der Waals surface area contributed by atoms with Crippen LogP contribution in [-0.4, -0.2) is 23.6 Å². The highest BCUT2D eigenvalue weighted by atomic mass is 79.9. The second-order valence-electron chi connectivity index (χ2n) is 5.47. The predicted octanol–water partition coefficient (Wildman–Crippen LogP) is 3.16. The van der Waals surface area contributed by atoms with Gasteiger partial charge in [-0.15, -0.1) is 0 Å². The van der Waals surface area contributed by atoms with Crippen molar-refractivity contribution in [3.05, 3.63) is 75.1 Å². The van der Waals surface area contributed by atoms with Gasteiger partial charge in [0.1, 0.15) is 17.9 Å². The third-order valence-corrected chi connectivity index (χ3v) is 4.19. The maximum Gasteiger partial charge on any atom is 0.341 e. The number of halogens is 1. The molecule has 1 heterocycles. The van der Waals surface area contributed by atoms with Crippen molar-refractivity contribution in [2.45, 2.75) is 6.54 Å². The third kappa shape index (κ3) is 3.83.